The van der Waals surface area contributed by atoms with Crippen molar-refractivity contribution < 1.29 is 9.53 Å². The van der Waals surface area contributed by atoms with E-state index in [9.17, 15) is 4.79 Å². The van der Waals surface area contributed by atoms with Crippen LogP contribution in [0.1, 0.15) is 16.7 Å². The maximum atomic E-state index is 11.6. The molecule has 1 aromatic rings. The Balaban J connectivity index is 0.00000484. The van der Waals surface area contributed by atoms with E-state index in [1.54, 1.807) is 32.5 Å². The van der Waals surface area contributed by atoms with Gasteiger partial charge in [0.2, 0.25) is 5.91 Å². The number of amides is 1. The highest BCUT2D eigenvalue weighted by Gasteiger charge is 2.05. The van der Waals surface area contributed by atoms with Crippen LogP contribution in [0.3, 0.4) is 0 Å². The molecule has 1 aromatic heterocycles. The summed E-state index contributed by atoms with van der Waals surface area (Å²) in [5.74, 6) is 0.593. The average Bonchev–Trinajstić information content (AvgIpc) is 2.97. The number of aliphatic imine (C=N–C) groups is 1. The summed E-state index contributed by atoms with van der Waals surface area (Å²) in [5.41, 5.74) is 0. The van der Waals surface area contributed by atoms with Crippen LogP contribution in [0.5, 0.6) is 0 Å². The molecule has 0 aliphatic carbocycles. The molecule has 0 aliphatic heterocycles. The standard InChI is InChI=1S/C15H26N4O2S.HI/c1-5-12-6-7-13(22-12)10-17-15(16-8-9-21-4)18-11-14(20)19(2)3;/h6-7H,5,8-11H2,1-4H3,(H2,16,17,18);1H. The molecule has 0 radical (unpaired) electrons. The Morgan fingerprint density at radius 3 is 2.57 bits per heavy atom. The monoisotopic (exact) mass is 454 g/mol. The second-order valence-corrected chi connectivity index (χ2v) is 6.20. The smallest absolute Gasteiger partial charge is 0.243 e. The van der Waals surface area contributed by atoms with Crippen molar-refractivity contribution in [1.82, 2.24) is 15.5 Å². The van der Waals surface area contributed by atoms with Crippen LogP contribution in [-0.4, -0.2) is 57.7 Å². The molecule has 0 unspecified atom stereocenters. The number of aryl methyl sites for hydroxylation is 1. The summed E-state index contributed by atoms with van der Waals surface area (Å²) in [6.07, 6.45) is 1.05. The molecule has 1 amide bonds. The van der Waals surface area contributed by atoms with Gasteiger partial charge in [0.1, 0.15) is 6.54 Å². The SMILES string of the molecule is CCc1ccc(CNC(=NCC(=O)N(C)C)NCCOC)s1.I. The number of thiophene rings is 1. The molecular formula is C15H27IN4O2S. The number of methoxy groups -OCH3 is 1. The van der Waals surface area contributed by atoms with Gasteiger partial charge in [-0.3, -0.25) is 4.79 Å². The minimum absolute atomic E-state index is 0. The number of carbonyl (C=O) groups excluding carboxylic acids is 1. The number of rotatable bonds is 8. The molecule has 0 saturated heterocycles. The van der Waals surface area contributed by atoms with Crippen molar-refractivity contribution >= 4 is 47.2 Å². The van der Waals surface area contributed by atoms with Gasteiger partial charge in [-0.25, -0.2) is 4.99 Å². The molecule has 0 fully saturated rings. The molecule has 1 rings (SSSR count). The van der Waals surface area contributed by atoms with Crippen molar-refractivity contribution in [3.8, 4) is 0 Å². The zero-order chi connectivity index (χ0) is 16.4. The first-order valence-electron chi connectivity index (χ1n) is 7.35. The van der Waals surface area contributed by atoms with E-state index < -0.39 is 0 Å². The molecule has 2 N–H and O–H groups in total. The third kappa shape index (κ3) is 9.11. The molecule has 0 aromatic carbocycles. The van der Waals surface area contributed by atoms with Crippen LogP contribution in [0.25, 0.3) is 0 Å². The summed E-state index contributed by atoms with van der Waals surface area (Å²) in [6.45, 7) is 4.19. The molecule has 6 nitrogen and oxygen atoms in total. The zero-order valence-electron chi connectivity index (χ0n) is 14.2. The Morgan fingerprint density at radius 2 is 2.00 bits per heavy atom. The highest BCUT2D eigenvalue weighted by atomic mass is 127. The van der Waals surface area contributed by atoms with Gasteiger partial charge in [-0.1, -0.05) is 6.92 Å². The van der Waals surface area contributed by atoms with E-state index in [1.165, 1.54) is 14.7 Å². The Bertz CT molecular complexity index is 492. The van der Waals surface area contributed by atoms with E-state index in [1.807, 2.05) is 0 Å². The summed E-state index contributed by atoms with van der Waals surface area (Å²) in [7, 11) is 5.10. The van der Waals surface area contributed by atoms with Crippen molar-refractivity contribution in [1.29, 1.82) is 0 Å². The van der Waals surface area contributed by atoms with Crippen LogP contribution < -0.4 is 10.6 Å². The Hall–Kier alpha value is -0.870. The highest BCUT2D eigenvalue weighted by Crippen LogP contribution is 2.16. The number of guanidine groups is 1. The summed E-state index contributed by atoms with van der Waals surface area (Å²) >= 11 is 1.79. The first-order valence-corrected chi connectivity index (χ1v) is 8.17. The van der Waals surface area contributed by atoms with Gasteiger partial charge >= 0.3 is 0 Å². The van der Waals surface area contributed by atoms with E-state index in [2.05, 4.69) is 34.7 Å². The molecule has 0 spiro atoms. The fraction of sp³-hybridized carbons (Fsp3) is 0.600. The van der Waals surface area contributed by atoms with Crippen molar-refractivity contribution in [3.63, 3.8) is 0 Å². The van der Waals surface area contributed by atoms with Crippen LogP contribution in [0.2, 0.25) is 0 Å². The molecule has 0 bridgehead atoms. The summed E-state index contributed by atoms with van der Waals surface area (Å²) in [6, 6.07) is 4.26. The van der Waals surface area contributed by atoms with Crippen LogP contribution in [0.15, 0.2) is 17.1 Å². The fourth-order valence-corrected chi connectivity index (χ4v) is 2.51. The number of likely N-dealkylation sites (N-methyl/N-ethyl adjacent to an activating group) is 1. The molecule has 0 atom stereocenters. The van der Waals surface area contributed by atoms with Crippen LogP contribution >= 0.6 is 35.3 Å². The lowest BCUT2D eigenvalue weighted by molar-refractivity contribution is -0.127. The second-order valence-electron chi connectivity index (χ2n) is 4.95. The van der Waals surface area contributed by atoms with Gasteiger partial charge < -0.3 is 20.3 Å². The van der Waals surface area contributed by atoms with Crippen molar-refractivity contribution in [2.75, 3.05) is 40.9 Å². The normalized spacial score (nSPS) is 10.9. The fourth-order valence-electron chi connectivity index (χ4n) is 1.61. The highest BCUT2D eigenvalue weighted by molar-refractivity contribution is 14.0. The topological polar surface area (TPSA) is 66.0 Å². The number of carbonyl (C=O) groups is 1. The lowest BCUT2D eigenvalue weighted by atomic mass is 10.4. The molecule has 0 saturated carbocycles. The third-order valence-corrected chi connectivity index (χ3v) is 4.20. The minimum atomic E-state index is -0.0303. The van der Waals surface area contributed by atoms with E-state index in [0.29, 0.717) is 25.7 Å². The predicted octanol–water partition coefficient (Wildman–Crippen LogP) is 1.70. The first-order chi connectivity index (χ1) is 10.6. The number of hydrogen-bond donors (Lipinski definition) is 2. The Kier molecular flexibility index (Phi) is 12.1. The van der Waals surface area contributed by atoms with Gasteiger partial charge in [0, 0.05) is 37.5 Å². The number of nitrogens with zero attached hydrogens (tertiary/aromatic N) is 2. The molecule has 132 valence electrons. The van der Waals surface area contributed by atoms with Crippen LogP contribution in [0, 0.1) is 0 Å². The Morgan fingerprint density at radius 1 is 1.30 bits per heavy atom. The second kappa shape index (κ2) is 12.5. The largest absolute Gasteiger partial charge is 0.383 e. The maximum absolute atomic E-state index is 11.6. The molecule has 8 heteroatoms. The molecule has 0 aliphatic rings. The number of nitrogens with one attached hydrogen (secondary N) is 2. The van der Waals surface area contributed by atoms with E-state index in [4.69, 9.17) is 4.74 Å². The van der Waals surface area contributed by atoms with Crippen LogP contribution in [0.4, 0.5) is 0 Å². The average molecular weight is 454 g/mol. The number of halogens is 1. The Labute approximate surface area is 159 Å². The zero-order valence-corrected chi connectivity index (χ0v) is 17.4. The molecular weight excluding hydrogens is 427 g/mol. The quantitative estimate of drug-likeness (QED) is 0.272. The predicted molar refractivity (Wildman–Crippen MR) is 107 cm³/mol. The summed E-state index contributed by atoms with van der Waals surface area (Å²) in [4.78, 5) is 20.1. The number of hydrogen-bond acceptors (Lipinski definition) is 4. The summed E-state index contributed by atoms with van der Waals surface area (Å²) < 4.78 is 5.02. The van der Waals surface area contributed by atoms with Gasteiger partial charge in [-0.15, -0.1) is 35.3 Å². The summed E-state index contributed by atoms with van der Waals surface area (Å²) in [5, 5.41) is 6.40. The van der Waals surface area contributed by atoms with E-state index in [0.717, 1.165) is 6.42 Å². The molecule has 1 heterocycles. The number of ether oxygens (including phenoxy) is 1. The van der Waals surface area contributed by atoms with Crippen LogP contribution in [-0.2, 0) is 22.5 Å². The van der Waals surface area contributed by atoms with Crippen molar-refractivity contribution in [2.45, 2.75) is 19.9 Å². The van der Waals surface area contributed by atoms with Crippen molar-refractivity contribution in [2.24, 2.45) is 4.99 Å². The first kappa shape index (κ1) is 22.1. The lowest BCUT2D eigenvalue weighted by Crippen LogP contribution is -2.39. The lowest BCUT2D eigenvalue weighted by Gasteiger charge is -2.13. The van der Waals surface area contributed by atoms with Gasteiger partial charge in [0.25, 0.3) is 0 Å². The van der Waals surface area contributed by atoms with E-state index >= 15 is 0 Å². The van der Waals surface area contributed by atoms with Crippen molar-refractivity contribution in [3.05, 3.63) is 21.9 Å². The molecule has 23 heavy (non-hydrogen) atoms. The van der Waals surface area contributed by atoms with Gasteiger partial charge in [0.15, 0.2) is 5.96 Å². The van der Waals surface area contributed by atoms with E-state index in [-0.39, 0.29) is 36.4 Å². The third-order valence-electron chi connectivity index (χ3n) is 2.97. The van der Waals surface area contributed by atoms with Gasteiger partial charge in [-0.05, 0) is 18.6 Å². The minimum Gasteiger partial charge on any atom is -0.383 e. The van der Waals surface area contributed by atoms with Gasteiger partial charge in [0.05, 0.1) is 13.2 Å². The van der Waals surface area contributed by atoms with Gasteiger partial charge in [-0.2, -0.15) is 0 Å². The maximum Gasteiger partial charge on any atom is 0.243 e.